The first-order valence-corrected chi connectivity index (χ1v) is 7.36. The summed E-state index contributed by atoms with van der Waals surface area (Å²) in [5.41, 5.74) is 0. The quantitative estimate of drug-likeness (QED) is 0.733. The van der Waals surface area contributed by atoms with Gasteiger partial charge in [0.1, 0.15) is 0 Å². The molecule has 2 aliphatic rings. The average Bonchev–Trinajstić information content (AvgIpc) is 3.30. The zero-order valence-corrected chi connectivity index (χ0v) is 12.2. The summed E-state index contributed by atoms with van der Waals surface area (Å²) in [6.07, 6.45) is 3.34. The van der Waals surface area contributed by atoms with E-state index in [1.165, 1.54) is 7.11 Å². The molecule has 7 heteroatoms. The minimum atomic E-state index is -0.904. The summed E-state index contributed by atoms with van der Waals surface area (Å²) in [6.45, 7) is 0.923. The Bertz CT molecular complexity index is 422. The Kier molecular flexibility index (Phi) is 5.03. The monoisotopic (exact) mass is 298 g/mol. The molecule has 7 nitrogen and oxygen atoms in total. The van der Waals surface area contributed by atoms with Gasteiger partial charge in [0.25, 0.3) is 0 Å². The second-order valence-corrected chi connectivity index (χ2v) is 5.80. The average molecular weight is 298 g/mol. The Hall–Kier alpha value is -1.79. The molecule has 1 saturated carbocycles. The first kappa shape index (κ1) is 15.6. The highest BCUT2D eigenvalue weighted by atomic mass is 16.5. The fourth-order valence-corrected chi connectivity index (χ4v) is 2.79. The van der Waals surface area contributed by atoms with Gasteiger partial charge >= 0.3 is 18.0 Å². The molecule has 1 aliphatic heterocycles. The molecule has 0 aromatic heterocycles. The Labute approximate surface area is 123 Å². The number of likely N-dealkylation sites (tertiary alicyclic amines) is 1. The van der Waals surface area contributed by atoms with E-state index in [1.54, 1.807) is 4.90 Å². The molecule has 0 spiro atoms. The zero-order valence-electron chi connectivity index (χ0n) is 12.2. The molecule has 21 heavy (non-hydrogen) atoms. The van der Waals surface area contributed by atoms with Gasteiger partial charge in [0, 0.05) is 19.1 Å². The van der Waals surface area contributed by atoms with Gasteiger partial charge < -0.3 is 20.1 Å². The van der Waals surface area contributed by atoms with Crippen molar-refractivity contribution in [3.63, 3.8) is 0 Å². The number of carboxylic acid groups (broad SMARTS) is 1. The predicted molar refractivity (Wildman–Crippen MR) is 73.6 cm³/mol. The molecule has 2 rings (SSSR count). The largest absolute Gasteiger partial charge is 0.481 e. The molecule has 2 fully saturated rings. The number of nitrogens with zero attached hydrogens (tertiary/aromatic N) is 1. The fourth-order valence-electron chi connectivity index (χ4n) is 2.79. The molecule has 0 bridgehead atoms. The topological polar surface area (TPSA) is 95.9 Å². The van der Waals surface area contributed by atoms with E-state index in [0.29, 0.717) is 13.1 Å². The number of hydrogen-bond acceptors (Lipinski definition) is 4. The molecule has 2 amide bonds. The lowest BCUT2D eigenvalue weighted by Crippen LogP contribution is -2.50. The van der Waals surface area contributed by atoms with Crippen LogP contribution < -0.4 is 5.32 Å². The van der Waals surface area contributed by atoms with Crippen LogP contribution in [0.2, 0.25) is 0 Å². The number of aliphatic carboxylic acids is 1. The van der Waals surface area contributed by atoms with Gasteiger partial charge in [-0.05, 0) is 31.6 Å². The van der Waals surface area contributed by atoms with Gasteiger partial charge in [0.05, 0.1) is 19.4 Å². The standard InChI is InChI=1S/C14H22N2O5/c1-21-13(19)10-3-2-6-16(8-10)14(20)15-11(7-12(17)18)9-4-5-9/h9-11H,2-8H2,1H3,(H,15,20)(H,17,18). The van der Waals surface area contributed by atoms with E-state index in [9.17, 15) is 14.4 Å². The molecule has 0 radical (unpaired) electrons. The van der Waals surface area contributed by atoms with E-state index in [4.69, 9.17) is 9.84 Å². The third-order valence-corrected chi connectivity index (χ3v) is 4.14. The fraction of sp³-hybridized carbons (Fsp3) is 0.786. The van der Waals surface area contributed by atoms with E-state index in [0.717, 1.165) is 25.7 Å². The summed E-state index contributed by atoms with van der Waals surface area (Å²) in [4.78, 5) is 36.3. The number of hydrogen-bond donors (Lipinski definition) is 2. The SMILES string of the molecule is COC(=O)C1CCCN(C(=O)NC(CC(=O)O)C2CC2)C1. The van der Waals surface area contributed by atoms with E-state index in [1.807, 2.05) is 0 Å². The smallest absolute Gasteiger partial charge is 0.317 e. The van der Waals surface area contributed by atoms with Crippen LogP contribution >= 0.6 is 0 Å². The number of ether oxygens (including phenoxy) is 1. The first-order valence-electron chi connectivity index (χ1n) is 7.36. The normalized spacial score (nSPS) is 23.3. The van der Waals surface area contributed by atoms with E-state index >= 15 is 0 Å². The first-order chi connectivity index (χ1) is 10.0. The van der Waals surface area contributed by atoms with Crippen LogP contribution in [0, 0.1) is 11.8 Å². The van der Waals surface area contributed by atoms with Crippen molar-refractivity contribution >= 4 is 18.0 Å². The Balaban J connectivity index is 1.89. The summed E-state index contributed by atoms with van der Waals surface area (Å²) in [7, 11) is 1.34. The van der Waals surface area contributed by atoms with Crippen molar-refractivity contribution in [1.82, 2.24) is 10.2 Å². The molecule has 2 N–H and O–H groups in total. The van der Waals surface area contributed by atoms with Crippen molar-refractivity contribution in [3.05, 3.63) is 0 Å². The van der Waals surface area contributed by atoms with Gasteiger partial charge in [-0.25, -0.2) is 4.79 Å². The maximum absolute atomic E-state index is 12.2. The summed E-state index contributed by atoms with van der Waals surface area (Å²) in [6, 6.07) is -0.588. The van der Waals surface area contributed by atoms with Crippen LogP contribution in [-0.4, -0.2) is 54.2 Å². The van der Waals surface area contributed by atoms with E-state index in [-0.39, 0.29) is 36.3 Å². The van der Waals surface area contributed by atoms with Gasteiger partial charge in [0.2, 0.25) is 0 Å². The van der Waals surface area contributed by atoms with Gasteiger partial charge in [-0.15, -0.1) is 0 Å². The van der Waals surface area contributed by atoms with Gasteiger partial charge in [-0.2, -0.15) is 0 Å². The van der Waals surface area contributed by atoms with Crippen LogP contribution in [0.5, 0.6) is 0 Å². The molecule has 1 aliphatic carbocycles. The van der Waals surface area contributed by atoms with Crippen molar-refractivity contribution in [2.75, 3.05) is 20.2 Å². The highest BCUT2D eigenvalue weighted by molar-refractivity contribution is 5.78. The number of nitrogens with one attached hydrogen (secondary N) is 1. The van der Waals surface area contributed by atoms with Gasteiger partial charge in [-0.3, -0.25) is 9.59 Å². The van der Waals surface area contributed by atoms with Crippen molar-refractivity contribution in [3.8, 4) is 0 Å². The van der Waals surface area contributed by atoms with Crippen molar-refractivity contribution < 1.29 is 24.2 Å². The van der Waals surface area contributed by atoms with Gasteiger partial charge in [0.15, 0.2) is 0 Å². The summed E-state index contributed by atoms with van der Waals surface area (Å²) >= 11 is 0. The van der Waals surface area contributed by atoms with Crippen molar-refractivity contribution in [2.24, 2.45) is 11.8 Å². The number of urea groups is 1. The van der Waals surface area contributed by atoms with Crippen LogP contribution in [0.25, 0.3) is 0 Å². The van der Waals surface area contributed by atoms with Crippen LogP contribution in [0.4, 0.5) is 4.79 Å². The maximum atomic E-state index is 12.2. The predicted octanol–water partition coefficient (Wildman–Crippen LogP) is 0.834. The number of carboxylic acids is 1. The second-order valence-electron chi connectivity index (χ2n) is 5.80. The Morgan fingerprint density at radius 2 is 2.05 bits per heavy atom. The Morgan fingerprint density at radius 1 is 1.33 bits per heavy atom. The minimum absolute atomic E-state index is 0.0509. The summed E-state index contributed by atoms with van der Waals surface area (Å²) in [5, 5.41) is 11.7. The molecule has 2 atom stereocenters. The zero-order chi connectivity index (χ0) is 15.4. The Morgan fingerprint density at radius 3 is 2.62 bits per heavy atom. The molecule has 0 aromatic rings. The number of esters is 1. The lowest BCUT2D eigenvalue weighted by Gasteiger charge is -2.32. The minimum Gasteiger partial charge on any atom is -0.481 e. The van der Waals surface area contributed by atoms with Crippen LogP contribution in [0.1, 0.15) is 32.1 Å². The molecule has 118 valence electrons. The third-order valence-electron chi connectivity index (χ3n) is 4.14. The molecule has 0 aromatic carbocycles. The van der Waals surface area contributed by atoms with E-state index < -0.39 is 5.97 Å². The van der Waals surface area contributed by atoms with Crippen molar-refractivity contribution in [1.29, 1.82) is 0 Å². The number of amides is 2. The van der Waals surface area contributed by atoms with Crippen LogP contribution in [0.15, 0.2) is 0 Å². The molecular weight excluding hydrogens is 276 g/mol. The lowest BCUT2D eigenvalue weighted by atomic mass is 9.98. The number of piperidine rings is 1. The lowest BCUT2D eigenvalue weighted by molar-refractivity contribution is -0.146. The highest BCUT2D eigenvalue weighted by Crippen LogP contribution is 2.34. The summed E-state index contributed by atoms with van der Waals surface area (Å²) < 4.78 is 4.72. The number of carbonyl (C=O) groups excluding carboxylic acids is 2. The third kappa shape index (κ3) is 4.34. The van der Waals surface area contributed by atoms with Crippen molar-refractivity contribution in [2.45, 2.75) is 38.1 Å². The van der Waals surface area contributed by atoms with Crippen LogP contribution in [0.3, 0.4) is 0 Å². The molecular formula is C14H22N2O5. The second kappa shape index (κ2) is 6.78. The van der Waals surface area contributed by atoms with Gasteiger partial charge in [-0.1, -0.05) is 0 Å². The number of rotatable bonds is 5. The molecule has 1 saturated heterocycles. The molecule has 1 heterocycles. The van der Waals surface area contributed by atoms with Crippen LogP contribution in [-0.2, 0) is 14.3 Å². The maximum Gasteiger partial charge on any atom is 0.317 e. The van der Waals surface area contributed by atoms with E-state index in [2.05, 4.69) is 5.32 Å². The molecule has 2 unspecified atom stereocenters. The number of methoxy groups -OCH3 is 1. The number of carbonyl (C=O) groups is 3. The summed E-state index contributed by atoms with van der Waals surface area (Å²) in [5.74, 6) is -1.21. The highest BCUT2D eigenvalue weighted by Gasteiger charge is 2.36.